The second-order valence-electron chi connectivity index (χ2n) is 2.56. The van der Waals surface area contributed by atoms with Gasteiger partial charge < -0.3 is 5.32 Å². The summed E-state index contributed by atoms with van der Waals surface area (Å²) in [7, 11) is 3.86. The van der Waals surface area contributed by atoms with E-state index in [2.05, 4.69) is 5.32 Å². The number of carbonyl (C=O) groups is 1. The molecule has 1 amide bonds. The Morgan fingerprint density at radius 3 is 2.40 bits per heavy atom. The fourth-order valence-electron chi connectivity index (χ4n) is 0.464. The number of nitrogens with one attached hydrogen (secondary N) is 1. The van der Waals surface area contributed by atoms with Crippen LogP contribution in [0.5, 0.6) is 0 Å². The van der Waals surface area contributed by atoms with Gasteiger partial charge in [0.05, 0.1) is 6.17 Å². The normalized spacial score (nSPS) is 13.3. The molecule has 1 N–H and O–H groups in total. The fourth-order valence-corrected chi connectivity index (χ4v) is 0.464. The Bertz CT molecular complexity index is 112. The highest BCUT2D eigenvalue weighted by molar-refractivity contribution is 5.75. The summed E-state index contributed by atoms with van der Waals surface area (Å²) in [6, 6.07) is 0. The Morgan fingerprint density at radius 1 is 1.60 bits per heavy atom. The first-order valence-electron chi connectivity index (χ1n) is 3.53. The summed E-state index contributed by atoms with van der Waals surface area (Å²) in [5.41, 5.74) is 0. The molecule has 0 saturated heterocycles. The SMILES string of the molecule is CCC(=O)NC(C)N(C)C. The molecule has 1 atom stereocenters. The molecule has 0 aliphatic carbocycles. The fraction of sp³-hybridized carbons (Fsp3) is 0.857. The topological polar surface area (TPSA) is 32.3 Å². The molecule has 0 aromatic rings. The van der Waals surface area contributed by atoms with Gasteiger partial charge in [0.15, 0.2) is 0 Å². The summed E-state index contributed by atoms with van der Waals surface area (Å²) in [5, 5.41) is 2.82. The zero-order valence-electron chi connectivity index (χ0n) is 7.14. The van der Waals surface area contributed by atoms with Crippen molar-refractivity contribution in [3.05, 3.63) is 0 Å². The average Bonchev–Trinajstić information content (AvgIpc) is 1.87. The van der Waals surface area contributed by atoms with Gasteiger partial charge in [-0.25, -0.2) is 0 Å². The van der Waals surface area contributed by atoms with E-state index in [0.29, 0.717) is 6.42 Å². The van der Waals surface area contributed by atoms with E-state index in [1.807, 2.05) is 32.8 Å². The Kier molecular flexibility index (Phi) is 4.03. The third-order valence-corrected chi connectivity index (χ3v) is 1.47. The van der Waals surface area contributed by atoms with Crippen molar-refractivity contribution in [1.82, 2.24) is 10.2 Å². The highest BCUT2D eigenvalue weighted by atomic mass is 16.1. The maximum atomic E-state index is 10.8. The van der Waals surface area contributed by atoms with E-state index in [9.17, 15) is 4.79 Å². The van der Waals surface area contributed by atoms with Crippen molar-refractivity contribution in [1.29, 1.82) is 0 Å². The van der Waals surface area contributed by atoms with Crippen molar-refractivity contribution >= 4 is 5.91 Å². The lowest BCUT2D eigenvalue weighted by molar-refractivity contribution is -0.122. The summed E-state index contributed by atoms with van der Waals surface area (Å²) < 4.78 is 0. The molecule has 1 unspecified atom stereocenters. The van der Waals surface area contributed by atoms with Gasteiger partial charge in [-0.15, -0.1) is 0 Å². The Balaban J connectivity index is 3.57. The lowest BCUT2D eigenvalue weighted by atomic mass is 10.4. The molecular formula is C7H16N2O. The molecular weight excluding hydrogens is 128 g/mol. The van der Waals surface area contributed by atoms with Crippen LogP contribution in [0.15, 0.2) is 0 Å². The van der Waals surface area contributed by atoms with Gasteiger partial charge >= 0.3 is 0 Å². The minimum absolute atomic E-state index is 0.0983. The number of carbonyl (C=O) groups excluding carboxylic acids is 1. The van der Waals surface area contributed by atoms with Gasteiger partial charge in [-0.2, -0.15) is 0 Å². The molecule has 0 aromatic heterocycles. The molecule has 0 heterocycles. The van der Waals surface area contributed by atoms with E-state index in [4.69, 9.17) is 0 Å². The monoisotopic (exact) mass is 144 g/mol. The molecule has 60 valence electrons. The van der Waals surface area contributed by atoms with E-state index in [-0.39, 0.29) is 12.1 Å². The lowest BCUT2D eigenvalue weighted by Gasteiger charge is -2.20. The Labute approximate surface area is 62.4 Å². The standard InChI is InChI=1S/C7H16N2O/c1-5-7(10)8-6(2)9(3)4/h6H,5H2,1-4H3,(H,8,10). The quantitative estimate of drug-likeness (QED) is 0.582. The van der Waals surface area contributed by atoms with Crippen molar-refractivity contribution in [3.8, 4) is 0 Å². The minimum atomic E-state index is 0.0983. The molecule has 0 fully saturated rings. The van der Waals surface area contributed by atoms with Gasteiger partial charge in [-0.1, -0.05) is 6.92 Å². The maximum Gasteiger partial charge on any atom is 0.220 e. The Hall–Kier alpha value is -0.570. The van der Waals surface area contributed by atoms with E-state index in [1.54, 1.807) is 0 Å². The molecule has 0 aliphatic rings. The third-order valence-electron chi connectivity index (χ3n) is 1.47. The third kappa shape index (κ3) is 3.45. The number of hydrogen-bond donors (Lipinski definition) is 1. The van der Waals surface area contributed by atoms with E-state index in [1.165, 1.54) is 0 Å². The van der Waals surface area contributed by atoms with Crippen molar-refractivity contribution in [2.24, 2.45) is 0 Å². The summed E-state index contributed by atoms with van der Waals surface area (Å²) >= 11 is 0. The molecule has 10 heavy (non-hydrogen) atoms. The first-order chi connectivity index (χ1) is 4.57. The number of amides is 1. The molecule has 0 rings (SSSR count). The van der Waals surface area contributed by atoms with Crippen LogP contribution in [0.4, 0.5) is 0 Å². The van der Waals surface area contributed by atoms with Crippen LogP contribution in [-0.2, 0) is 4.79 Å². The summed E-state index contributed by atoms with van der Waals surface area (Å²) in [4.78, 5) is 12.7. The van der Waals surface area contributed by atoms with Crippen LogP contribution in [0, 0.1) is 0 Å². The number of rotatable bonds is 3. The zero-order chi connectivity index (χ0) is 8.15. The summed E-state index contributed by atoms with van der Waals surface area (Å²) in [6.45, 7) is 3.80. The predicted molar refractivity (Wildman–Crippen MR) is 41.6 cm³/mol. The molecule has 0 aromatic carbocycles. The number of nitrogens with zero attached hydrogens (tertiary/aromatic N) is 1. The summed E-state index contributed by atoms with van der Waals surface area (Å²) in [5.74, 6) is 0.0983. The second kappa shape index (κ2) is 4.28. The van der Waals surface area contributed by atoms with Crippen molar-refractivity contribution < 1.29 is 4.79 Å². The van der Waals surface area contributed by atoms with E-state index >= 15 is 0 Å². The first-order valence-corrected chi connectivity index (χ1v) is 3.53. The highest BCUT2D eigenvalue weighted by Gasteiger charge is 2.05. The Morgan fingerprint density at radius 2 is 2.10 bits per heavy atom. The van der Waals surface area contributed by atoms with Gasteiger partial charge in [0.2, 0.25) is 5.91 Å². The smallest absolute Gasteiger partial charge is 0.220 e. The van der Waals surface area contributed by atoms with Crippen molar-refractivity contribution in [3.63, 3.8) is 0 Å². The molecule has 0 radical (unpaired) electrons. The number of hydrogen-bond acceptors (Lipinski definition) is 2. The van der Waals surface area contributed by atoms with Crippen LogP contribution >= 0.6 is 0 Å². The largest absolute Gasteiger partial charge is 0.341 e. The van der Waals surface area contributed by atoms with E-state index < -0.39 is 0 Å². The van der Waals surface area contributed by atoms with Crippen LogP contribution < -0.4 is 5.32 Å². The molecule has 3 heteroatoms. The minimum Gasteiger partial charge on any atom is -0.341 e. The molecule has 0 spiro atoms. The molecule has 3 nitrogen and oxygen atoms in total. The van der Waals surface area contributed by atoms with Crippen LogP contribution in [-0.4, -0.2) is 31.1 Å². The van der Waals surface area contributed by atoms with Gasteiger partial charge in [0, 0.05) is 6.42 Å². The van der Waals surface area contributed by atoms with Gasteiger partial charge in [0.25, 0.3) is 0 Å². The van der Waals surface area contributed by atoms with Gasteiger partial charge in [-0.3, -0.25) is 9.69 Å². The lowest BCUT2D eigenvalue weighted by Crippen LogP contribution is -2.41. The highest BCUT2D eigenvalue weighted by Crippen LogP contribution is 1.86. The van der Waals surface area contributed by atoms with E-state index in [0.717, 1.165) is 0 Å². The second-order valence-corrected chi connectivity index (χ2v) is 2.56. The zero-order valence-corrected chi connectivity index (χ0v) is 7.14. The van der Waals surface area contributed by atoms with Crippen LogP contribution in [0.25, 0.3) is 0 Å². The van der Waals surface area contributed by atoms with Gasteiger partial charge in [-0.05, 0) is 21.0 Å². The van der Waals surface area contributed by atoms with Crippen molar-refractivity contribution in [2.75, 3.05) is 14.1 Å². The van der Waals surface area contributed by atoms with Crippen LogP contribution in [0.1, 0.15) is 20.3 Å². The molecule has 0 saturated carbocycles. The predicted octanol–water partition coefficient (Wildman–Crippen LogP) is 0.420. The van der Waals surface area contributed by atoms with Gasteiger partial charge in [0.1, 0.15) is 0 Å². The molecule has 0 bridgehead atoms. The van der Waals surface area contributed by atoms with Crippen LogP contribution in [0.2, 0.25) is 0 Å². The molecule has 0 aliphatic heterocycles. The van der Waals surface area contributed by atoms with Crippen molar-refractivity contribution in [2.45, 2.75) is 26.4 Å². The maximum absolute atomic E-state index is 10.8. The average molecular weight is 144 g/mol. The first kappa shape index (κ1) is 9.43. The summed E-state index contributed by atoms with van der Waals surface area (Å²) in [6.07, 6.45) is 0.686. The van der Waals surface area contributed by atoms with Crippen LogP contribution in [0.3, 0.4) is 0 Å².